The Balaban J connectivity index is 1.06. The van der Waals surface area contributed by atoms with Crippen LogP contribution in [0.25, 0.3) is 83.4 Å². The lowest BCUT2D eigenvalue weighted by atomic mass is 9.78. The van der Waals surface area contributed by atoms with Gasteiger partial charge in [-0.3, -0.25) is 13.7 Å². The third kappa shape index (κ3) is 8.89. The number of fused-ring (bicyclic) bond motifs is 4. The number of aromatic nitrogens is 4. The molecule has 72 heavy (non-hydrogen) atoms. The summed E-state index contributed by atoms with van der Waals surface area (Å²) in [6, 6.07) is 54.2. The van der Waals surface area contributed by atoms with Gasteiger partial charge in [0.05, 0.1) is 40.3 Å². The normalized spacial score (nSPS) is 13.3. The lowest BCUT2D eigenvalue weighted by Gasteiger charge is -2.27. The van der Waals surface area contributed by atoms with Gasteiger partial charge in [-0.2, -0.15) is 0 Å². The Kier molecular flexibility index (Phi) is 10.2. The van der Waals surface area contributed by atoms with Crippen molar-refractivity contribution in [3.63, 3.8) is 0 Å². The lowest BCUT2D eigenvalue weighted by molar-refractivity contribution is -0.571. The predicted molar refractivity (Wildman–Crippen MR) is 299 cm³/mol. The van der Waals surface area contributed by atoms with Crippen LogP contribution in [-0.2, 0) is 17.3 Å². The minimum absolute atomic E-state index is 0.0418. The van der Waals surface area contributed by atoms with Crippen molar-refractivity contribution < 1.29 is 16.2 Å². The first-order valence-corrected chi connectivity index (χ1v) is 24.8. The van der Waals surface area contributed by atoms with Gasteiger partial charge in [-0.05, 0) is 110 Å². The summed E-state index contributed by atoms with van der Waals surface area (Å²) in [6.07, 6.45) is 6.61. The van der Waals surface area contributed by atoms with Crippen molar-refractivity contribution in [1.29, 1.82) is 0 Å². The van der Waals surface area contributed by atoms with E-state index < -0.39 is 18.1 Å². The van der Waals surface area contributed by atoms with Crippen LogP contribution in [0.3, 0.4) is 0 Å². The quantitative estimate of drug-likeness (QED) is 0.107. The maximum atomic E-state index is 9.24. The molecule has 0 aliphatic carbocycles. The van der Waals surface area contributed by atoms with E-state index >= 15 is 0 Å². The van der Waals surface area contributed by atoms with Gasteiger partial charge in [-0.1, -0.05) is 208 Å². The number of para-hydroxylation sites is 4. The van der Waals surface area contributed by atoms with Gasteiger partial charge in [0.1, 0.15) is 17.3 Å². The van der Waals surface area contributed by atoms with Crippen LogP contribution in [0.15, 0.2) is 200 Å². The van der Waals surface area contributed by atoms with Gasteiger partial charge in [-0.15, -0.1) is 0 Å². The second-order valence-electron chi connectivity index (χ2n) is 22.2. The van der Waals surface area contributed by atoms with Crippen molar-refractivity contribution in [3.05, 3.63) is 223 Å². The molecule has 356 valence electrons. The standard InChI is InChI=1S/C67H62N4O/c1-65(2,3)42-48-38-63(68-43-58(48)46-24-14-11-15-25-46)71-59-31-17-16-28-56(59)57-35-34-53(41-62(57)71)72-52-27-20-26-51(40-52)69-44-70(61-33-19-18-32-60(61)69)64-54(45-22-12-10-13-23-45)29-21-30-55(64)47-36-49(66(4,5)6)39-50(37-47)67(7,8)9/h10-41,43H,42H2,1-9H3/i10D,12D,13D,22D,23D. The number of imidazole rings is 1. The largest absolute Gasteiger partial charge is 0.458 e. The molecule has 5 nitrogen and oxygen atoms in total. The zero-order valence-corrected chi connectivity index (χ0v) is 42.6. The summed E-state index contributed by atoms with van der Waals surface area (Å²) >= 11 is 0. The van der Waals surface area contributed by atoms with Crippen LogP contribution in [-0.4, -0.2) is 14.1 Å². The second kappa shape index (κ2) is 18.0. The Bertz CT molecular complexity index is 4050. The van der Waals surface area contributed by atoms with Gasteiger partial charge < -0.3 is 4.74 Å². The zero-order valence-electron chi connectivity index (χ0n) is 47.6. The fourth-order valence-corrected chi connectivity index (χ4v) is 9.96. The highest BCUT2D eigenvalue weighted by molar-refractivity contribution is 6.09. The maximum absolute atomic E-state index is 9.24. The van der Waals surface area contributed by atoms with Crippen molar-refractivity contribution in [2.24, 2.45) is 5.41 Å². The maximum Gasteiger partial charge on any atom is 0.269 e. The summed E-state index contributed by atoms with van der Waals surface area (Å²) in [4.78, 5) is 5.16. The molecule has 0 aliphatic rings. The molecule has 0 saturated carbocycles. The second-order valence-corrected chi connectivity index (χ2v) is 22.2. The van der Waals surface area contributed by atoms with Gasteiger partial charge >= 0.3 is 0 Å². The molecule has 0 amide bonds. The number of nitrogens with zero attached hydrogens (tertiary/aromatic N) is 4. The number of hydrogen-bond acceptors (Lipinski definition) is 2. The molecule has 8 aromatic carbocycles. The Morgan fingerprint density at radius 1 is 0.542 bits per heavy atom. The number of hydrogen-bond donors (Lipinski definition) is 0. The molecule has 0 fully saturated rings. The summed E-state index contributed by atoms with van der Waals surface area (Å²) in [7, 11) is 0. The van der Waals surface area contributed by atoms with E-state index in [0.717, 1.165) is 84.1 Å². The highest BCUT2D eigenvalue weighted by Gasteiger charge is 2.25. The van der Waals surface area contributed by atoms with Gasteiger partial charge in [0, 0.05) is 28.6 Å². The van der Waals surface area contributed by atoms with Crippen molar-refractivity contribution in [2.75, 3.05) is 0 Å². The third-order valence-corrected chi connectivity index (χ3v) is 13.5. The van der Waals surface area contributed by atoms with Crippen molar-refractivity contribution in [2.45, 2.75) is 79.6 Å². The Hall–Kier alpha value is -8.02. The summed E-state index contributed by atoms with van der Waals surface area (Å²) in [5.74, 6) is 2.12. The summed E-state index contributed by atoms with van der Waals surface area (Å²) in [5, 5.41) is 2.22. The molecule has 0 radical (unpaired) electrons. The number of benzene rings is 8. The number of pyridine rings is 1. The van der Waals surface area contributed by atoms with E-state index in [1.54, 1.807) is 0 Å². The average molecular weight is 944 g/mol. The van der Waals surface area contributed by atoms with E-state index in [9.17, 15) is 2.74 Å². The Morgan fingerprint density at radius 3 is 1.90 bits per heavy atom. The van der Waals surface area contributed by atoms with E-state index in [2.05, 4.69) is 164 Å². The molecule has 0 saturated heterocycles. The third-order valence-electron chi connectivity index (χ3n) is 13.5. The Labute approximate surface area is 431 Å². The van der Waals surface area contributed by atoms with Gasteiger partial charge in [-0.25, -0.2) is 4.98 Å². The van der Waals surface area contributed by atoms with Crippen LogP contribution >= 0.6 is 0 Å². The highest BCUT2D eigenvalue weighted by Crippen LogP contribution is 2.41. The topological polar surface area (TPSA) is 35.9 Å². The molecule has 0 spiro atoms. The van der Waals surface area contributed by atoms with E-state index in [0.29, 0.717) is 22.7 Å². The summed E-state index contributed by atoms with van der Waals surface area (Å²) in [6.45, 7) is 20.1. The fourth-order valence-electron chi connectivity index (χ4n) is 9.96. The minimum atomic E-state index is -0.439. The molecular weight excluding hydrogens is 877 g/mol. The first kappa shape index (κ1) is 40.7. The molecule has 11 aromatic rings. The molecule has 11 rings (SSSR count). The zero-order chi connectivity index (χ0) is 54.3. The molecule has 5 heteroatoms. The molecule has 0 unspecified atom stereocenters. The highest BCUT2D eigenvalue weighted by atomic mass is 16.5. The molecule has 0 bridgehead atoms. The smallest absolute Gasteiger partial charge is 0.269 e. The Morgan fingerprint density at radius 2 is 1.18 bits per heavy atom. The first-order valence-electron chi connectivity index (χ1n) is 27.3. The SMILES string of the molecule is [2H]c1c([2H])c([2H])c(-c2cccc(-c3cc(C(C)(C)C)cc(C(C)(C)C)c3)c2-[n+]2[c-]n(-c3cccc(Oc4ccc5c6ccccc6n(-c6cc(CC(C)(C)C)c(-c7ccccc7)cn6)c5c4)c3)c3ccccc32)c([2H])c1[2H]. The molecule has 3 aromatic heterocycles. The van der Waals surface area contributed by atoms with Crippen LogP contribution in [0.2, 0.25) is 0 Å². The molecule has 0 atom stereocenters. The van der Waals surface area contributed by atoms with Crippen LogP contribution in [0, 0.1) is 11.7 Å². The summed E-state index contributed by atoms with van der Waals surface area (Å²) < 4.78 is 57.6. The molecule has 0 aliphatic heterocycles. The fraction of sp³-hybridized carbons (Fsp3) is 0.194. The van der Waals surface area contributed by atoms with Crippen LogP contribution < -0.4 is 9.30 Å². The van der Waals surface area contributed by atoms with Crippen LogP contribution in [0.5, 0.6) is 11.5 Å². The number of ether oxygens (including phenoxy) is 1. The van der Waals surface area contributed by atoms with E-state index in [1.807, 2.05) is 88.1 Å². The molecular formula is C67H62N4O. The van der Waals surface area contributed by atoms with Gasteiger partial charge in [0.25, 0.3) is 6.33 Å². The van der Waals surface area contributed by atoms with E-state index in [-0.39, 0.29) is 33.9 Å². The van der Waals surface area contributed by atoms with E-state index in [1.165, 1.54) is 5.56 Å². The lowest BCUT2D eigenvalue weighted by Crippen LogP contribution is -2.31. The summed E-state index contributed by atoms with van der Waals surface area (Å²) in [5.41, 5.74) is 13.0. The van der Waals surface area contributed by atoms with Crippen LogP contribution in [0.4, 0.5) is 0 Å². The van der Waals surface area contributed by atoms with Gasteiger partial charge in [0.15, 0.2) is 0 Å². The molecule has 3 heterocycles. The van der Waals surface area contributed by atoms with Gasteiger partial charge in [0.2, 0.25) is 0 Å². The van der Waals surface area contributed by atoms with Crippen molar-refractivity contribution >= 4 is 32.8 Å². The van der Waals surface area contributed by atoms with Crippen LogP contribution in [0.1, 0.15) is 85.9 Å². The molecule has 0 N–H and O–H groups in total. The first-order chi connectivity index (χ1) is 36.6. The number of rotatable bonds is 9. The average Bonchev–Trinajstić information content (AvgIpc) is 4.04. The van der Waals surface area contributed by atoms with E-state index in [4.69, 9.17) is 13.8 Å². The predicted octanol–water partition coefficient (Wildman–Crippen LogP) is 17.2. The van der Waals surface area contributed by atoms with Crippen molar-refractivity contribution in [1.82, 2.24) is 14.1 Å². The van der Waals surface area contributed by atoms with Crippen molar-refractivity contribution in [3.8, 4) is 62.1 Å². The minimum Gasteiger partial charge on any atom is -0.458 e. The monoisotopic (exact) mass is 944 g/mol.